The van der Waals surface area contributed by atoms with Crippen LogP contribution in [-0.2, 0) is 0 Å². The Morgan fingerprint density at radius 1 is 1.10 bits per heavy atom. The molecule has 0 spiro atoms. The summed E-state index contributed by atoms with van der Waals surface area (Å²) in [5, 5.41) is 9.52. The summed E-state index contributed by atoms with van der Waals surface area (Å²) in [7, 11) is 0. The molecule has 0 aliphatic carbocycles. The van der Waals surface area contributed by atoms with Gasteiger partial charge in [-0.05, 0) is 17.0 Å². The van der Waals surface area contributed by atoms with E-state index in [1.807, 2.05) is 0 Å². The summed E-state index contributed by atoms with van der Waals surface area (Å²) in [5.41, 5.74) is 6.27. The largest absolute Gasteiger partial charge is 0.314 e. The van der Waals surface area contributed by atoms with Crippen LogP contribution in [-0.4, -0.2) is 20.6 Å². The van der Waals surface area contributed by atoms with Crippen molar-refractivity contribution in [1.82, 2.24) is 14.9 Å². The van der Waals surface area contributed by atoms with Gasteiger partial charge in [-0.25, -0.2) is 4.68 Å². The number of fused-ring (bicyclic) bond motifs is 1. The van der Waals surface area contributed by atoms with E-state index in [-0.39, 0.29) is 0 Å². The lowest BCUT2D eigenvalue weighted by Gasteiger charge is -2.27. The highest BCUT2D eigenvalue weighted by Crippen LogP contribution is 2.31. The number of benzene rings is 1. The van der Waals surface area contributed by atoms with Crippen molar-refractivity contribution in [3.8, 4) is 0 Å². The minimum absolute atomic E-state index is 0.303. The van der Waals surface area contributed by atoms with Crippen LogP contribution in [0.25, 0.3) is 0 Å². The van der Waals surface area contributed by atoms with Crippen molar-refractivity contribution in [1.29, 1.82) is 0 Å². The monoisotopic (exact) mass is 302 g/mol. The van der Waals surface area contributed by atoms with Crippen molar-refractivity contribution in [3.63, 3.8) is 0 Å². The first-order valence-electron chi connectivity index (χ1n) is 7.50. The van der Waals surface area contributed by atoms with E-state index in [2.05, 4.69) is 72.3 Å². The highest BCUT2D eigenvalue weighted by molar-refractivity contribution is 7.99. The Morgan fingerprint density at radius 2 is 1.81 bits per heavy atom. The van der Waals surface area contributed by atoms with E-state index in [1.54, 1.807) is 11.8 Å². The summed E-state index contributed by atoms with van der Waals surface area (Å²) in [6.45, 7) is 8.74. The second-order valence-electron chi connectivity index (χ2n) is 6.14. The molecule has 4 nitrogen and oxygen atoms in total. The van der Waals surface area contributed by atoms with Gasteiger partial charge in [0.15, 0.2) is 5.82 Å². The van der Waals surface area contributed by atoms with Crippen LogP contribution in [0, 0.1) is 0 Å². The molecule has 21 heavy (non-hydrogen) atoms. The Bertz CT molecular complexity index is 616. The average molecular weight is 302 g/mol. The molecule has 0 fully saturated rings. The number of nitrogens with one attached hydrogen (secondary N) is 1. The van der Waals surface area contributed by atoms with Crippen molar-refractivity contribution >= 4 is 11.8 Å². The Morgan fingerprint density at radius 3 is 2.43 bits per heavy atom. The van der Waals surface area contributed by atoms with Gasteiger partial charge in [0.25, 0.3) is 0 Å². The van der Waals surface area contributed by atoms with Crippen molar-refractivity contribution in [2.24, 2.45) is 0 Å². The number of nitrogens with zero attached hydrogens (tertiary/aromatic N) is 3. The summed E-state index contributed by atoms with van der Waals surface area (Å²) >= 11 is 1.77. The van der Waals surface area contributed by atoms with E-state index in [0.717, 1.165) is 16.7 Å². The molecular formula is C16H22N4S. The molecule has 2 aromatic rings. The minimum Gasteiger partial charge on any atom is -0.314 e. The zero-order chi connectivity index (χ0) is 15.0. The highest BCUT2D eigenvalue weighted by atomic mass is 32.2. The van der Waals surface area contributed by atoms with Crippen LogP contribution in [0.3, 0.4) is 0 Å². The maximum Gasteiger partial charge on any atom is 0.210 e. The van der Waals surface area contributed by atoms with Crippen LogP contribution in [0.4, 0.5) is 0 Å². The molecule has 2 heterocycles. The van der Waals surface area contributed by atoms with E-state index < -0.39 is 0 Å². The minimum atomic E-state index is 0.303. The second-order valence-corrected chi connectivity index (χ2v) is 7.13. The van der Waals surface area contributed by atoms with Gasteiger partial charge in [-0.1, -0.05) is 63.7 Å². The number of thioether (sulfide) groups is 1. The van der Waals surface area contributed by atoms with Gasteiger partial charge in [0.05, 0.1) is 6.04 Å². The first-order chi connectivity index (χ1) is 10.1. The molecular weight excluding hydrogens is 280 g/mol. The fraction of sp³-hybridized carbons (Fsp3) is 0.500. The van der Waals surface area contributed by atoms with E-state index in [9.17, 15) is 0 Å². The van der Waals surface area contributed by atoms with Crippen molar-refractivity contribution in [2.75, 3.05) is 11.2 Å². The summed E-state index contributed by atoms with van der Waals surface area (Å²) in [6.07, 6.45) is 0. The van der Waals surface area contributed by atoms with E-state index in [1.165, 1.54) is 11.1 Å². The fourth-order valence-corrected chi connectivity index (χ4v) is 3.46. The Labute approximate surface area is 130 Å². The van der Waals surface area contributed by atoms with E-state index >= 15 is 0 Å². The zero-order valence-electron chi connectivity index (χ0n) is 13.0. The lowest BCUT2D eigenvalue weighted by Crippen LogP contribution is -2.29. The van der Waals surface area contributed by atoms with E-state index in [0.29, 0.717) is 17.9 Å². The third kappa shape index (κ3) is 2.79. The number of aromatic nitrogens is 3. The summed E-state index contributed by atoms with van der Waals surface area (Å²) in [6, 6.07) is 9.24. The maximum atomic E-state index is 4.29. The zero-order valence-corrected chi connectivity index (χ0v) is 13.8. The molecule has 0 saturated carbocycles. The predicted octanol–water partition coefficient (Wildman–Crippen LogP) is 3.92. The molecule has 1 aliphatic heterocycles. The predicted molar refractivity (Wildman–Crippen MR) is 87.5 cm³/mol. The van der Waals surface area contributed by atoms with Gasteiger partial charge in [-0.2, -0.15) is 0 Å². The Kier molecular flexibility index (Phi) is 3.93. The maximum absolute atomic E-state index is 4.29. The smallest absolute Gasteiger partial charge is 0.210 e. The summed E-state index contributed by atoms with van der Waals surface area (Å²) < 4.78 is 2.06. The van der Waals surface area contributed by atoms with Crippen molar-refractivity contribution in [2.45, 2.75) is 50.7 Å². The average Bonchev–Trinajstić information content (AvgIpc) is 2.90. The van der Waals surface area contributed by atoms with Crippen LogP contribution < -0.4 is 5.43 Å². The first kappa shape index (κ1) is 14.4. The molecule has 112 valence electrons. The lowest BCUT2D eigenvalue weighted by molar-refractivity contribution is 0.611. The van der Waals surface area contributed by atoms with Crippen LogP contribution >= 0.6 is 11.8 Å². The van der Waals surface area contributed by atoms with Gasteiger partial charge in [-0.3, -0.25) is 0 Å². The molecule has 5 heteroatoms. The van der Waals surface area contributed by atoms with Crippen LogP contribution in [0.15, 0.2) is 29.4 Å². The molecule has 0 bridgehead atoms. The lowest BCUT2D eigenvalue weighted by atomic mass is 10.00. The standard InChI is InChI=1S/C16H22N4S/c1-10(2)12-5-7-13(8-6-12)14-9-21-16-18-17-15(11(3)4)20(16)19-14/h5-8,10-11,14,19H,9H2,1-4H3. The molecule has 3 rings (SSSR count). The molecule has 1 aliphatic rings. The molecule has 0 amide bonds. The summed E-state index contributed by atoms with van der Waals surface area (Å²) in [4.78, 5) is 0. The summed E-state index contributed by atoms with van der Waals surface area (Å²) in [5.74, 6) is 2.92. The normalized spacial score (nSPS) is 17.9. The molecule has 1 unspecified atom stereocenters. The topological polar surface area (TPSA) is 42.7 Å². The van der Waals surface area contributed by atoms with E-state index in [4.69, 9.17) is 0 Å². The number of hydrogen-bond donors (Lipinski definition) is 1. The second kappa shape index (κ2) is 5.72. The van der Waals surface area contributed by atoms with Gasteiger partial charge in [0.1, 0.15) is 0 Å². The third-order valence-electron chi connectivity index (χ3n) is 3.84. The molecule has 1 aromatic carbocycles. The molecule has 0 radical (unpaired) electrons. The SMILES string of the molecule is CC(C)c1ccc(C2CSc3nnc(C(C)C)n3N2)cc1. The molecule has 0 saturated heterocycles. The number of rotatable bonds is 3. The molecule has 1 atom stereocenters. The van der Waals surface area contributed by atoms with Crippen LogP contribution in [0.2, 0.25) is 0 Å². The van der Waals surface area contributed by atoms with Gasteiger partial charge < -0.3 is 5.43 Å². The number of hydrogen-bond acceptors (Lipinski definition) is 4. The van der Waals surface area contributed by atoms with Gasteiger partial charge >= 0.3 is 0 Å². The Hall–Kier alpha value is -1.49. The quantitative estimate of drug-likeness (QED) is 0.933. The Balaban J connectivity index is 1.83. The van der Waals surface area contributed by atoms with Crippen LogP contribution in [0.5, 0.6) is 0 Å². The van der Waals surface area contributed by atoms with Gasteiger partial charge in [0.2, 0.25) is 5.16 Å². The third-order valence-corrected chi connectivity index (χ3v) is 4.87. The van der Waals surface area contributed by atoms with Crippen molar-refractivity contribution < 1.29 is 0 Å². The molecule has 1 N–H and O–H groups in total. The van der Waals surface area contributed by atoms with Gasteiger partial charge in [-0.15, -0.1) is 10.2 Å². The molecule has 1 aromatic heterocycles. The first-order valence-corrected chi connectivity index (χ1v) is 8.49. The van der Waals surface area contributed by atoms with Gasteiger partial charge in [0, 0.05) is 11.7 Å². The highest BCUT2D eigenvalue weighted by Gasteiger charge is 2.25. The fourth-order valence-electron chi connectivity index (χ4n) is 2.50. The van der Waals surface area contributed by atoms with Crippen LogP contribution in [0.1, 0.15) is 62.5 Å². The van der Waals surface area contributed by atoms with Crippen molar-refractivity contribution in [3.05, 3.63) is 41.2 Å².